The fraction of sp³-hybridized carbons (Fsp3) is 0.500. The van der Waals surface area contributed by atoms with Crippen LogP contribution in [0.5, 0.6) is 0 Å². The van der Waals surface area contributed by atoms with Gasteiger partial charge in [0.1, 0.15) is 0 Å². The molecule has 0 atom stereocenters. The number of hydrogen-bond acceptors (Lipinski definition) is 3. The zero-order chi connectivity index (χ0) is 11.6. The van der Waals surface area contributed by atoms with E-state index >= 15 is 0 Å². The van der Waals surface area contributed by atoms with Crippen molar-refractivity contribution in [2.45, 2.75) is 13.0 Å². The lowest BCUT2D eigenvalue weighted by atomic mass is 10.2. The lowest BCUT2D eigenvalue weighted by molar-refractivity contribution is 0.292. The highest BCUT2D eigenvalue weighted by atomic mass is 79.9. The minimum atomic E-state index is 0. The monoisotopic (exact) mass is 358 g/mol. The predicted octanol–water partition coefficient (Wildman–Crippen LogP) is 2.35. The van der Waals surface area contributed by atoms with Crippen LogP contribution < -0.4 is 10.6 Å². The summed E-state index contributed by atoms with van der Waals surface area (Å²) in [5.74, 6) is 0. The number of hydrogen-bond donors (Lipinski definition) is 3. The van der Waals surface area contributed by atoms with E-state index in [1.54, 1.807) is 0 Å². The van der Waals surface area contributed by atoms with Gasteiger partial charge in [0.25, 0.3) is 0 Å². The lowest BCUT2D eigenvalue weighted by Gasteiger charge is -2.05. The molecule has 0 aliphatic heterocycles. The second kappa shape index (κ2) is 13.6. The number of nitrogens with one attached hydrogen (secondary N) is 2. The van der Waals surface area contributed by atoms with Crippen LogP contribution in [0.3, 0.4) is 0 Å². The van der Waals surface area contributed by atoms with Gasteiger partial charge in [-0.05, 0) is 37.2 Å². The van der Waals surface area contributed by atoms with E-state index in [9.17, 15) is 0 Å². The smallest absolute Gasteiger partial charge is 0.0555 e. The molecule has 1 aromatic carbocycles. The maximum absolute atomic E-state index is 8.56. The molecule has 18 heavy (non-hydrogen) atoms. The van der Waals surface area contributed by atoms with E-state index in [1.807, 2.05) is 0 Å². The molecule has 0 heterocycles. The Balaban J connectivity index is 0. The summed E-state index contributed by atoms with van der Waals surface area (Å²) >= 11 is 3.41. The summed E-state index contributed by atoms with van der Waals surface area (Å²) in [4.78, 5) is 0. The summed E-state index contributed by atoms with van der Waals surface area (Å²) in [6.45, 7) is 3.76. The van der Waals surface area contributed by atoms with Gasteiger partial charge in [0.05, 0.1) is 6.61 Å². The van der Waals surface area contributed by atoms with Crippen molar-refractivity contribution in [3.8, 4) is 0 Å². The average Bonchev–Trinajstić information content (AvgIpc) is 2.30. The Bertz CT molecular complexity index is 286. The van der Waals surface area contributed by atoms with Crippen molar-refractivity contribution in [2.24, 2.45) is 0 Å². The highest BCUT2D eigenvalue weighted by Gasteiger charge is 1.92. The van der Waals surface area contributed by atoms with Crippen molar-refractivity contribution in [2.75, 3.05) is 26.2 Å². The Morgan fingerprint density at radius 2 is 1.56 bits per heavy atom. The van der Waals surface area contributed by atoms with Crippen LogP contribution in [0.2, 0.25) is 0 Å². The van der Waals surface area contributed by atoms with Crippen molar-refractivity contribution in [1.82, 2.24) is 10.6 Å². The molecule has 106 valence electrons. The van der Waals surface area contributed by atoms with Crippen molar-refractivity contribution in [3.05, 3.63) is 34.3 Å². The molecule has 0 unspecified atom stereocenters. The first-order valence-electron chi connectivity index (χ1n) is 5.59. The largest absolute Gasteiger partial charge is 0.395 e. The van der Waals surface area contributed by atoms with Gasteiger partial charge >= 0.3 is 0 Å². The molecule has 0 aliphatic rings. The molecule has 0 saturated heterocycles. The third kappa shape index (κ3) is 10.1. The zero-order valence-corrected chi connectivity index (χ0v) is 13.4. The molecule has 0 aliphatic carbocycles. The Morgan fingerprint density at radius 3 is 2.17 bits per heavy atom. The number of rotatable bonds is 8. The SMILES string of the molecule is Cl.Cl.OCCNCCCNCc1ccc(Br)cc1. The highest BCUT2D eigenvalue weighted by Crippen LogP contribution is 2.09. The third-order valence-corrected chi connectivity index (χ3v) is 2.77. The zero-order valence-electron chi connectivity index (χ0n) is 10.2. The van der Waals surface area contributed by atoms with Gasteiger partial charge in [0.15, 0.2) is 0 Å². The fourth-order valence-corrected chi connectivity index (χ4v) is 1.64. The molecule has 0 aromatic heterocycles. The van der Waals surface area contributed by atoms with Crippen molar-refractivity contribution in [3.63, 3.8) is 0 Å². The van der Waals surface area contributed by atoms with E-state index in [1.165, 1.54) is 5.56 Å². The standard InChI is InChI=1S/C12H19BrN2O.2ClH/c13-12-4-2-11(3-5-12)10-15-7-1-6-14-8-9-16;;/h2-5,14-16H,1,6-10H2;2*1H. The number of aliphatic hydroxyl groups excluding tert-OH is 1. The first kappa shape index (κ1) is 20.5. The molecule has 0 spiro atoms. The van der Waals surface area contributed by atoms with E-state index in [4.69, 9.17) is 5.11 Å². The van der Waals surface area contributed by atoms with E-state index in [0.717, 1.165) is 30.5 Å². The maximum atomic E-state index is 8.56. The lowest BCUT2D eigenvalue weighted by Crippen LogP contribution is -2.23. The normalized spacial score (nSPS) is 9.44. The van der Waals surface area contributed by atoms with Crippen LogP contribution in [0.4, 0.5) is 0 Å². The summed E-state index contributed by atoms with van der Waals surface area (Å²) in [7, 11) is 0. The van der Waals surface area contributed by atoms with Gasteiger partial charge in [-0.2, -0.15) is 0 Å². The molecule has 0 fully saturated rings. The minimum Gasteiger partial charge on any atom is -0.395 e. The third-order valence-electron chi connectivity index (χ3n) is 2.24. The summed E-state index contributed by atoms with van der Waals surface area (Å²) in [6, 6.07) is 8.34. The minimum absolute atomic E-state index is 0. The van der Waals surface area contributed by atoms with Gasteiger partial charge in [0.2, 0.25) is 0 Å². The molecular weight excluding hydrogens is 339 g/mol. The van der Waals surface area contributed by atoms with Crippen LogP contribution >= 0.6 is 40.7 Å². The molecule has 6 heteroatoms. The quantitative estimate of drug-likeness (QED) is 0.624. The van der Waals surface area contributed by atoms with Crippen LogP contribution in [0.25, 0.3) is 0 Å². The Labute approximate surface area is 130 Å². The van der Waals surface area contributed by atoms with Gasteiger partial charge in [-0.1, -0.05) is 28.1 Å². The average molecular weight is 360 g/mol. The van der Waals surface area contributed by atoms with Gasteiger partial charge in [-0.15, -0.1) is 24.8 Å². The van der Waals surface area contributed by atoms with Crippen molar-refractivity contribution < 1.29 is 5.11 Å². The summed E-state index contributed by atoms with van der Waals surface area (Å²) in [5.41, 5.74) is 1.30. The molecule has 3 nitrogen and oxygen atoms in total. The van der Waals surface area contributed by atoms with Gasteiger partial charge < -0.3 is 15.7 Å². The summed E-state index contributed by atoms with van der Waals surface area (Å²) in [5, 5.41) is 15.1. The molecule has 0 amide bonds. The number of benzene rings is 1. The molecule has 3 N–H and O–H groups in total. The van der Waals surface area contributed by atoms with E-state index in [0.29, 0.717) is 6.54 Å². The summed E-state index contributed by atoms with van der Waals surface area (Å²) in [6.07, 6.45) is 1.08. The van der Waals surface area contributed by atoms with Gasteiger partial charge in [-0.3, -0.25) is 0 Å². The van der Waals surface area contributed by atoms with Gasteiger partial charge in [0, 0.05) is 17.6 Å². The Morgan fingerprint density at radius 1 is 0.944 bits per heavy atom. The molecule has 1 aromatic rings. The van der Waals surface area contributed by atoms with E-state index in [-0.39, 0.29) is 31.4 Å². The highest BCUT2D eigenvalue weighted by molar-refractivity contribution is 9.10. The molecular formula is C12H21BrCl2N2O. The fourth-order valence-electron chi connectivity index (χ4n) is 1.38. The van der Waals surface area contributed by atoms with Gasteiger partial charge in [-0.25, -0.2) is 0 Å². The summed E-state index contributed by atoms with van der Waals surface area (Å²) < 4.78 is 1.12. The first-order chi connectivity index (χ1) is 7.83. The topological polar surface area (TPSA) is 44.3 Å². The Hall–Kier alpha value is 0.160. The van der Waals surface area contributed by atoms with Crippen LogP contribution in [0.15, 0.2) is 28.7 Å². The molecule has 0 radical (unpaired) electrons. The van der Waals surface area contributed by atoms with E-state index in [2.05, 4.69) is 50.8 Å². The predicted molar refractivity (Wildman–Crippen MR) is 84.9 cm³/mol. The van der Waals surface area contributed by atoms with Crippen LogP contribution in [-0.4, -0.2) is 31.3 Å². The second-order valence-electron chi connectivity index (χ2n) is 3.63. The van der Waals surface area contributed by atoms with Crippen LogP contribution in [-0.2, 0) is 6.54 Å². The molecule has 0 saturated carbocycles. The van der Waals surface area contributed by atoms with Crippen LogP contribution in [0, 0.1) is 0 Å². The number of aliphatic hydroxyl groups is 1. The first-order valence-corrected chi connectivity index (χ1v) is 6.39. The van der Waals surface area contributed by atoms with Crippen molar-refractivity contribution in [1.29, 1.82) is 0 Å². The molecule has 1 rings (SSSR count). The van der Waals surface area contributed by atoms with E-state index < -0.39 is 0 Å². The Kier molecular flexibility index (Phi) is 15.5. The van der Waals surface area contributed by atoms with Crippen molar-refractivity contribution >= 4 is 40.7 Å². The maximum Gasteiger partial charge on any atom is 0.0555 e. The number of halogens is 3. The molecule has 0 bridgehead atoms. The van der Waals surface area contributed by atoms with Crippen LogP contribution in [0.1, 0.15) is 12.0 Å². The second-order valence-corrected chi connectivity index (χ2v) is 4.55.